The van der Waals surface area contributed by atoms with Crippen molar-refractivity contribution in [3.8, 4) is 0 Å². The van der Waals surface area contributed by atoms with E-state index < -0.39 is 0 Å². The highest BCUT2D eigenvalue weighted by molar-refractivity contribution is 5.24. The zero-order chi connectivity index (χ0) is 9.97. The van der Waals surface area contributed by atoms with E-state index in [2.05, 4.69) is 9.97 Å². The largest absolute Gasteiger partial charge is 0.396 e. The van der Waals surface area contributed by atoms with Gasteiger partial charge in [0.2, 0.25) is 0 Å². The van der Waals surface area contributed by atoms with Crippen LogP contribution in [0.4, 0.5) is 0 Å². The second-order valence-electron chi connectivity index (χ2n) is 3.66. The Morgan fingerprint density at radius 3 is 3.21 bits per heavy atom. The maximum Gasteiger partial charge on any atom is 0.130 e. The van der Waals surface area contributed by atoms with Crippen LogP contribution in [0.2, 0.25) is 0 Å². The van der Waals surface area contributed by atoms with Crippen molar-refractivity contribution < 1.29 is 5.11 Å². The van der Waals surface area contributed by atoms with Gasteiger partial charge in [0, 0.05) is 29.9 Å². The summed E-state index contributed by atoms with van der Waals surface area (Å²) in [5.41, 5.74) is 8.09. The summed E-state index contributed by atoms with van der Waals surface area (Å²) in [7, 11) is 0. The monoisotopic (exact) mass is 193 g/mol. The van der Waals surface area contributed by atoms with Crippen LogP contribution in [0, 0.1) is 0 Å². The molecule has 4 nitrogen and oxygen atoms in total. The Kier molecular flexibility index (Phi) is 2.74. The molecule has 0 fully saturated rings. The molecule has 0 bridgehead atoms. The number of rotatable bonds is 2. The number of fused-ring (bicyclic) bond motifs is 1. The Bertz CT molecular complexity index is 327. The van der Waals surface area contributed by atoms with Crippen molar-refractivity contribution in [3.63, 3.8) is 0 Å². The van der Waals surface area contributed by atoms with Crippen LogP contribution in [-0.2, 0) is 12.8 Å². The standard InChI is InChI=1S/C10H15N3O/c11-8-2-1-3-9-7(8)6-12-10(13-9)4-5-14/h6,8,14H,1-5,11H2. The van der Waals surface area contributed by atoms with Gasteiger partial charge in [-0.2, -0.15) is 0 Å². The van der Waals surface area contributed by atoms with Crippen molar-refractivity contribution in [2.45, 2.75) is 31.7 Å². The van der Waals surface area contributed by atoms with Gasteiger partial charge < -0.3 is 10.8 Å². The van der Waals surface area contributed by atoms with Gasteiger partial charge in [0.25, 0.3) is 0 Å². The van der Waals surface area contributed by atoms with Crippen LogP contribution in [0.25, 0.3) is 0 Å². The molecule has 1 heterocycles. The predicted molar refractivity (Wildman–Crippen MR) is 52.7 cm³/mol. The molecule has 76 valence electrons. The van der Waals surface area contributed by atoms with Crippen molar-refractivity contribution in [2.75, 3.05) is 6.61 Å². The van der Waals surface area contributed by atoms with Crippen LogP contribution in [-0.4, -0.2) is 21.7 Å². The van der Waals surface area contributed by atoms with Crippen LogP contribution in [0.5, 0.6) is 0 Å². The van der Waals surface area contributed by atoms with E-state index in [0.717, 1.165) is 36.3 Å². The Hall–Kier alpha value is -1.00. The Morgan fingerprint density at radius 2 is 2.43 bits per heavy atom. The van der Waals surface area contributed by atoms with Gasteiger partial charge in [-0.05, 0) is 19.3 Å². The first-order chi connectivity index (χ1) is 6.81. The number of aryl methyl sites for hydroxylation is 1. The molecule has 1 aromatic rings. The van der Waals surface area contributed by atoms with Crippen molar-refractivity contribution in [2.24, 2.45) is 5.73 Å². The highest BCUT2D eigenvalue weighted by Crippen LogP contribution is 2.25. The van der Waals surface area contributed by atoms with Gasteiger partial charge in [0.05, 0.1) is 6.61 Å². The minimum absolute atomic E-state index is 0.0990. The minimum atomic E-state index is 0.0990. The van der Waals surface area contributed by atoms with Gasteiger partial charge in [-0.25, -0.2) is 9.97 Å². The predicted octanol–water partition coefficient (Wildman–Crippen LogP) is 0.347. The topological polar surface area (TPSA) is 72.0 Å². The third-order valence-corrected chi connectivity index (χ3v) is 2.61. The third kappa shape index (κ3) is 1.76. The Morgan fingerprint density at radius 1 is 1.57 bits per heavy atom. The van der Waals surface area contributed by atoms with Gasteiger partial charge in [-0.15, -0.1) is 0 Å². The normalized spacial score (nSPS) is 20.6. The number of aliphatic hydroxyl groups excluding tert-OH is 1. The molecule has 0 saturated heterocycles. The lowest BCUT2D eigenvalue weighted by Crippen LogP contribution is -2.20. The lowest BCUT2D eigenvalue weighted by atomic mass is 9.93. The molecular formula is C10H15N3O. The molecule has 1 atom stereocenters. The highest BCUT2D eigenvalue weighted by atomic mass is 16.3. The number of aliphatic hydroxyl groups is 1. The summed E-state index contributed by atoms with van der Waals surface area (Å²) >= 11 is 0. The van der Waals surface area contributed by atoms with E-state index in [1.807, 2.05) is 6.20 Å². The summed E-state index contributed by atoms with van der Waals surface area (Å²) in [6, 6.07) is 0.0990. The molecule has 1 aliphatic carbocycles. The number of nitrogens with two attached hydrogens (primary N) is 1. The van der Waals surface area contributed by atoms with Gasteiger partial charge in [0.1, 0.15) is 5.82 Å². The summed E-state index contributed by atoms with van der Waals surface area (Å²) in [4.78, 5) is 8.58. The molecule has 0 saturated carbocycles. The molecule has 0 radical (unpaired) electrons. The molecule has 1 unspecified atom stereocenters. The zero-order valence-corrected chi connectivity index (χ0v) is 8.11. The number of nitrogens with zero attached hydrogens (tertiary/aromatic N) is 2. The average Bonchev–Trinajstić information content (AvgIpc) is 2.18. The van der Waals surface area contributed by atoms with Crippen LogP contribution >= 0.6 is 0 Å². The fourth-order valence-corrected chi connectivity index (χ4v) is 1.84. The van der Waals surface area contributed by atoms with E-state index >= 15 is 0 Å². The van der Waals surface area contributed by atoms with E-state index in [0.29, 0.717) is 6.42 Å². The number of hydrogen-bond donors (Lipinski definition) is 2. The SMILES string of the molecule is NC1CCCc2nc(CCO)ncc21. The average molecular weight is 193 g/mol. The molecule has 14 heavy (non-hydrogen) atoms. The first kappa shape index (κ1) is 9.55. The molecule has 1 aliphatic rings. The van der Waals surface area contributed by atoms with E-state index in [1.54, 1.807) is 0 Å². The van der Waals surface area contributed by atoms with Crippen molar-refractivity contribution in [1.82, 2.24) is 9.97 Å². The summed E-state index contributed by atoms with van der Waals surface area (Å²) in [6.07, 6.45) is 5.46. The molecule has 0 aliphatic heterocycles. The Labute approximate surface area is 83.2 Å². The van der Waals surface area contributed by atoms with E-state index in [4.69, 9.17) is 10.8 Å². The van der Waals surface area contributed by atoms with Crippen LogP contribution in [0.3, 0.4) is 0 Å². The lowest BCUT2D eigenvalue weighted by molar-refractivity contribution is 0.296. The van der Waals surface area contributed by atoms with Crippen molar-refractivity contribution in [3.05, 3.63) is 23.3 Å². The van der Waals surface area contributed by atoms with E-state index in [-0.39, 0.29) is 12.6 Å². The first-order valence-corrected chi connectivity index (χ1v) is 5.02. The van der Waals surface area contributed by atoms with Crippen LogP contribution < -0.4 is 5.73 Å². The molecule has 2 rings (SSSR count). The smallest absolute Gasteiger partial charge is 0.130 e. The molecule has 0 spiro atoms. The van der Waals surface area contributed by atoms with Crippen molar-refractivity contribution >= 4 is 0 Å². The second kappa shape index (κ2) is 4.02. The fourth-order valence-electron chi connectivity index (χ4n) is 1.84. The summed E-state index contributed by atoms with van der Waals surface area (Å²) < 4.78 is 0. The molecular weight excluding hydrogens is 178 g/mol. The summed E-state index contributed by atoms with van der Waals surface area (Å²) in [5, 5.41) is 8.77. The maximum atomic E-state index is 8.77. The quantitative estimate of drug-likeness (QED) is 0.710. The first-order valence-electron chi connectivity index (χ1n) is 5.02. The van der Waals surface area contributed by atoms with Gasteiger partial charge in [-0.3, -0.25) is 0 Å². The maximum absolute atomic E-state index is 8.77. The van der Waals surface area contributed by atoms with Crippen LogP contribution in [0.1, 0.15) is 36.0 Å². The Balaban J connectivity index is 2.29. The van der Waals surface area contributed by atoms with Crippen LogP contribution in [0.15, 0.2) is 6.20 Å². The van der Waals surface area contributed by atoms with Crippen molar-refractivity contribution in [1.29, 1.82) is 0 Å². The lowest BCUT2D eigenvalue weighted by Gasteiger charge is -2.20. The summed E-state index contributed by atoms with van der Waals surface area (Å²) in [5.74, 6) is 0.723. The van der Waals surface area contributed by atoms with Gasteiger partial charge in [0.15, 0.2) is 0 Å². The fraction of sp³-hybridized carbons (Fsp3) is 0.600. The molecule has 3 N–H and O–H groups in total. The van der Waals surface area contributed by atoms with Gasteiger partial charge in [-0.1, -0.05) is 0 Å². The number of hydrogen-bond acceptors (Lipinski definition) is 4. The zero-order valence-electron chi connectivity index (χ0n) is 8.11. The molecule has 4 heteroatoms. The molecule has 0 amide bonds. The van der Waals surface area contributed by atoms with E-state index in [9.17, 15) is 0 Å². The molecule has 0 aromatic carbocycles. The number of aromatic nitrogens is 2. The second-order valence-corrected chi connectivity index (χ2v) is 3.66. The summed E-state index contributed by atoms with van der Waals surface area (Å²) in [6.45, 7) is 0.102. The minimum Gasteiger partial charge on any atom is -0.396 e. The van der Waals surface area contributed by atoms with E-state index in [1.165, 1.54) is 0 Å². The van der Waals surface area contributed by atoms with Gasteiger partial charge >= 0.3 is 0 Å². The highest BCUT2D eigenvalue weighted by Gasteiger charge is 2.18. The molecule has 1 aromatic heterocycles. The third-order valence-electron chi connectivity index (χ3n) is 2.61.